The number of aryl methyl sites for hydroxylation is 1. The second-order valence-electron chi connectivity index (χ2n) is 3.83. The third-order valence-electron chi connectivity index (χ3n) is 2.47. The van der Waals surface area contributed by atoms with Gasteiger partial charge in [-0.3, -0.25) is 0 Å². The molecule has 0 spiro atoms. The first-order chi connectivity index (χ1) is 6.18. The molecule has 0 aliphatic heterocycles. The molecule has 0 amide bonds. The Balaban J connectivity index is 2.31. The van der Waals surface area contributed by atoms with Crippen molar-refractivity contribution in [3.8, 4) is 0 Å². The molecule has 0 bridgehead atoms. The van der Waals surface area contributed by atoms with Crippen LogP contribution in [0.15, 0.2) is 6.20 Å². The maximum atomic E-state index is 5.78. The van der Waals surface area contributed by atoms with Gasteiger partial charge in [0.15, 0.2) is 0 Å². The summed E-state index contributed by atoms with van der Waals surface area (Å²) in [6.07, 6.45) is 4.37. The molecule has 0 saturated heterocycles. The van der Waals surface area contributed by atoms with Gasteiger partial charge in [-0.25, -0.2) is 9.97 Å². The van der Waals surface area contributed by atoms with Gasteiger partial charge in [-0.15, -0.1) is 0 Å². The Morgan fingerprint density at radius 1 is 1.54 bits per heavy atom. The van der Waals surface area contributed by atoms with Crippen LogP contribution in [0.2, 0.25) is 0 Å². The summed E-state index contributed by atoms with van der Waals surface area (Å²) in [5.41, 5.74) is 7.87. The van der Waals surface area contributed by atoms with Gasteiger partial charge in [0.2, 0.25) is 0 Å². The highest BCUT2D eigenvalue weighted by Crippen LogP contribution is 2.38. The van der Waals surface area contributed by atoms with Crippen molar-refractivity contribution in [2.45, 2.75) is 38.6 Å². The summed E-state index contributed by atoms with van der Waals surface area (Å²) in [4.78, 5) is 8.80. The van der Waals surface area contributed by atoms with Crippen LogP contribution >= 0.6 is 0 Å². The predicted molar refractivity (Wildman–Crippen MR) is 51.3 cm³/mol. The zero-order chi connectivity index (χ0) is 9.42. The molecule has 2 rings (SSSR count). The van der Waals surface area contributed by atoms with Crippen LogP contribution in [-0.2, 0) is 0 Å². The Morgan fingerprint density at radius 2 is 2.23 bits per heavy atom. The van der Waals surface area contributed by atoms with Gasteiger partial charge >= 0.3 is 0 Å². The van der Waals surface area contributed by atoms with Gasteiger partial charge < -0.3 is 5.73 Å². The topological polar surface area (TPSA) is 51.8 Å². The summed E-state index contributed by atoms with van der Waals surface area (Å²) in [6.45, 7) is 3.97. The highest BCUT2D eigenvalue weighted by atomic mass is 14.9. The summed E-state index contributed by atoms with van der Waals surface area (Å²) >= 11 is 0. The molecule has 1 fully saturated rings. The minimum atomic E-state index is 0.0354. The van der Waals surface area contributed by atoms with E-state index in [1.165, 1.54) is 12.8 Å². The van der Waals surface area contributed by atoms with Crippen LogP contribution in [0.5, 0.6) is 0 Å². The van der Waals surface area contributed by atoms with Crippen molar-refractivity contribution >= 4 is 0 Å². The minimum Gasteiger partial charge on any atom is -0.324 e. The first-order valence-corrected chi connectivity index (χ1v) is 4.77. The molecule has 1 aliphatic carbocycles. The molecule has 0 aromatic carbocycles. The van der Waals surface area contributed by atoms with E-state index in [9.17, 15) is 0 Å². The van der Waals surface area contributed by atoms with Crippen LogP contribution < -0.4 is 5.73 Å². The standard InChI is InChI=1S/C10H15N3/c1-6(11)9-5-12-10(8-3-4-8)13-7(9)2/h5-6,8H,3-4,11H2,1-2H3/t6-/m0/s1. The molecule has 3 heteroatoms. The van der Waals surface area contributed by atoms with Gasteiger partial charge in [-0.2, -0.15) is 0 Å². The second kappa shape index (κ2) is 3.07. The lowest BCUT2D eigenvalue weighted by molar-refractivity contribution is 0.772. The molecule has 1 aromatic rings. The molecule has 13 heavy (non-hydrogen) atoms. The van der Waals surface area contributed by atoms with Gasteiger partial charge in [0.1, 0.15) is 5.82 Å². The number of hydrogen-bond acceptors (Lipinski definition) is 3. The van der Waals surface area contributed by atoms with E-state index >= 15 is 0 Å². The lowest BCUT2D eigenvalue weighted by Gasteiger charge is -2.08. The van der Waals surface area contributed by atoms with E-state index in [4.69, 9.17) is 5.73 Å². The van der Waals surface area contributed by atoms with Crippen molar-refractivity contribution in [2.24, 2.45) is 5.73 Å². The molecular weight excluding hydrogens is 162 g/mol. The van der Waals surface area contributed by atoms with E-state index < -0.39 is 0 Å². The fourth-order valence-corrected chi connectivity index (χ4v) is 1.48. The van der Waals surface area contributed by atoms with Crippen molar-refractivity contribution in [2.75, 3.05) is 0 Å². The Hall–Kier alpha value is -0.960. The molecule has 0 unspecified atom stereocenters. The van der Waals surface area contributed by atoms with Crippen molar-refractivity contribution in [1.82, 2.24) is 9.97 Å². The average Bonchev–Trinajstić information content (AvgIpc) is 2.85. The van der Waals surface area contributed by atoms with Crippen molar-refractivity contribution in [1.29, 1.82) is 0 Å². The maximum Gasteiger partial charge on any atom is 0.131 e. The summed E-state index contributed by atoms with van der Waals surface area (Å²) in [5, 5.41) is 0. The molecule has 2 N–H and O–H groups in total. The SMILES string of the molecule is Cc1nc(C2CC2)ncc1[C@H](C)N. The minimum absolute atomic E-state index is 0.0354. The molecule has 70 valence electrons. The van der Waals surface area contributed by atoms with E-state index in [0.29, 0.717) is 5.92 Å². The van der Waals surface area contributed by atoms with Crippen molar-refractivity contribution < 1.29 is 0 Å². The van der Waals surface area contributed by atoms with Crippen LogP contribution in [0.1, 0.15) is 48.8 Å². The van der Waals surface area contributed by atoms with Crippen LogP contribution in [-0.4, -0.2) is 9.97 Å². The Bertz CT molecular complexity index is 316. The fraction of sp³-hybridized carbons (Fsp3) is 0.600. The first-order valence-electron chi connectivity index (χ1n) is 4.77. The monoisotopic (exact) mass is 177 g/mol. The van der Waals surface area contributed by atoms with Crippen LogP contribution in [0.4, 0.5) is 0 Å². The summed E-state index contributed by atoms with van der Waals surface area (Å²) in [6, 6.07) is 0.0354. The van der Waals surface area contributed by atoms with Gasteiger partial charge in [0, 0.05) is 29.4 Å². The highest BCUT2D eigenvalue weighted by molar-refractivity contribution is 5.21. The lowest BCUT2D eigenvalue weighted by atomic mass is 10.1. The van der Waals surface area contributed by atoms with Crippen molar-refractivity contribution in [3.05, 3.63) is 23.3 Å². The van der Waals surface area contributed by atoms with E-state index in [0.717, 1.165) is 17.1 Å². The quantitative estimate of drug-likeness (QED) is 0.747. The Labute approximate surface area is 78.4 Å². The van der Waals surface area contributed by atoms with Crippen LogP contribution in [0.25, 0.3) is 0 Å². The number of rotatable bonds is 2. The van der Waals surface area contributed by atoms with E-state index in [2.05, 4.69) is 9.97 Å². The van der Waals surface area contributed by atoms with Crippen LogP contribution in [0, 0.1) is 6.92 Å². The van der Waals surface area contributed by atoms with Gasteiger partial charge in [0.05, 0.1) is 0 Å². The molecule has 1 atom stereocenters. The van der Waals surface area contributed by atoms with Gasteiger partial charge in [-0.1, -0.05) is 0 Å². The van der Waals surface area contributed by atoms with E-state index in [1.54, 1.807) is 0 Å². The number of aromatic nitrogens is 2. The van der Waals surface area contributed by atoms with Crippen molar-refractivity contribution in [3.63, 3.8) is 0 Å². The number of nitrogens with zero attached hydrogens (tertiary/aromatic N) is 2. The molecular formula is C10H15N3. The zero-order valence-electron chi connectivity index (χ0n) is 8.12. The summed E-state index contributed by atoms with van der Waals surface area (Å²) in [7, 11) is 0. The first kappa shape index (κ1) is 8.63. The molecule has 1 aliphatic rings. The molecule has 1 aromatic heterocycles. The normalized spacial score (nSPS) is 18.7. The highest BCUT2D eigenvalue weighted by Gasteiger charge is 2.26. The average molecular weight is 177 g/mol. The number of hydrogen-bond donors (Lipinski definition) is 1. The van der Waals surface area contributed by atoms with E-state index in [1.807, 2.05) is 20.0 Å². The molecule has 1 heterocycles. The number of nitrogens with two attached hydrogens (primary N) is 1. The third kappa shape index (κ3) is 1.70. The Morgan fingerprint density at radius 3 is 2.69 bits per heavy atom. The predicted octanol–water partition coefficient (Wildman–Crippen LogP) is 1.68. The molecule has 3 nitrogen and oxygen atoms in total. The smallest absolute Gasteiger partial charge is 0.131 e. The molecule has 0 radical (unpaired) electrons. The third-order valence-corrected chi connectivity index (χ3v) is 2.47. The second-order valence-corrected chi connectivity index (χ2v) is 3.83. The van der Waals surface area contributed by atoms with Gasteiger partial charge in [-0.05, 0) is 26.7 Å². The maximum absolute atomic E-state index is 5.78. The van der Waals surface area contributed by atoms with Gasteiger partial charge in [0.25, 0.3) is 0 Å². The molecule has 1 saturated carbocycles. The summed E-state index contributed by atoms with van der Waals surface area (Å²) in [5.74, 6) is 1.63. The largest absolute Gasteiger partial charge is 0.324 e. The summed E-state index contributed by atoms with van der Waals surface area (Å²) < 4.78 is 0. The van der Waals surface area contributed by atoms with Crippen LogP contribution in [0.3, 0.4) is 0 Å². The van der Waals surface area contributed by atoms with E-state index in [-0.39, 0.29) is 6.04 Å². The fourth-order valence-electron chi connectivity index (χ4n) is 1.48. The Kier molecular flexibility index (Phi) is 2.04. The zero-order valence-corrected chi connectivity index (χ0v) is 8.12. The lowest BCUT2D eigenvalue weighted by Crippen LogP contribution is -2.10.